The van der Waals surface area contributed by atoms with Crippen molar-refractivity contribution in [3.8, 4) is 0 Å². The molecule has 1 unspecified atom stereocenters. The molecule has 0 aliphatic rings. The van der Waals surface area contributed by atoms with Crippen molar-refractivity contribution in [1.82, 2.24) is 0 Å². The van der Waals surface area contributed by atoms with Crippen LogP contribution in [0.1, 0.15) is 26.7 Å². The predicted molar refractivity (Wildman–Crippen MR) is 55.3 cm³/mol. The second-order valence-electron chi connectivity index (χ2n) is 2.85. The van der Waals surface area contributed by atoms with E-state index < -0.39 is 11.6 Å². The van der Waals surface area contributed by atoms with Gasteiger partial charge in [0.15, 0.2) is 0 Å². The van der Waals surface area contributed by atoms with Crippen molar-refractivity contribution < 1.29 is 15.0 Å². The maximum absolute atomic E-state index is 10.6. The molecule has 1 atom stereocenters. The number of carboxylic acid groups (broad SMARTS) is 1. The molecule has 0 aromatic carbocycles. The first kappa shape index (κ1) is 11.9. The highest BCUT2D eigenvalue weighted by molar-refractivity contribution is 14.1. The summed E-state index contributed by atoms with van der Waals surface area (Å²) in [7, 11) is 0. The Bertz CT molecular complexity index is 196. The van der Waals surface area contributed by atoms with Crippen LogP contribution in [0.3, 0.4) is 0 Å². The van der Waals surface area contributed by atoms with E-state index in [1.54, 1.807) is 0 Å². The van der Waals surface area contributed by atoms with E-state index in [2.05, 4.69) is 0 Å². The molecule has 0 radical (unpaired) electrons. The predicted octanol–water partition coefficient (Wildman–Crippen LogP) is 1.94. The molecule has 0 aliphatic carbocycles. The van der Waals surface area contributed by atoms with Gasteiger partial charge in [0.2, 0.25) is 0 Å². The first-order valence-electron chi connectivity index (χ1n) is 3.72. The zero-order chi connectivity index (χ0) is 9.78. The van der Waals surface area contributed by atoms with Gasteiger partial charge in [0.25, 0.3) is 0 Å². The fourth-order valence-corrected chi connectivity index (χ4v) is 1.95. The second kappa shape index (κ2) is 4.81. The van der Waals surface area contributed by atoms with Crippen molar-refractivity contribution >= 4 is 28.6 Å². The normalized spacial score (nSPS) is 17.2. The second-order valence-corrected chi connectivity index (χ2v) is 3.47. The summed E-state index contributed by atoms with van der Waals surface area (Å²) in [4.78, 5) is 10.6. The molecule has 0 aromatic rings. The Kier molecular flexibility index (Phi) is 4.77. The van der Waals surface area contributed by atoms with E-state index in [0.29, 0.717) is 6.42 Å². The lowest BCUT2D eigenvalue weighted by molar-refractivity contribution is -0.135. The monoisotopic (exact) mass is 284 g/mol. The average Bonchev–Trinajstić information content (AvgIpc) is 1.86. The molecular formula is C8H13IO3. The third-order valence-electron chi connectivity index (χ3n) is 1.66. The van der Waals surface area contributed by atoms with Crippen LogP contribution in [0.15, 0.2) is 9.66 Å². The molecule has 2 N–H and O–H groups in total. The van der Waals surface area contributed by atoms with Crippen LogP contribution in [0.5, 0.6) is 0 Å². The summed E-state index contributed by atoms with van der Waals surface area (Å²) in [6, 6.07) is 0. The zero-order valence-electron chi connectivity index (χ0n) is 7.17. The molecule has 0 saturated carbocycles. The Hall–Kier alpha value is -0.100. The van der Waals surface area contributed by atoms with Gasteiger partial charge in [-0.3, -0.25) is 0 Å². The summed E-state index contributed by atoms with van der Waals surface area (Å²) >= 11 is 1.83. The molecular weight excluding hydrogens is 271 g/mol. The molecule has 3 nitrogen and oxygen atoms in total. The first-order valence-corrected chi connectivity index (χ1v) is 4.96. The third-order valence-corrected chi connectivity index (χ3v) is 2.28. The number of aliphatic carboxylic acids is 1. The molecule has 12 heavy (non-hydrogen) atoms. The number of rotatable bonds is 4. The van der Waals surface area contributed by atoms with Gasteiger partial charge in [-0.2, -0.15) is 0 Å². The van der Waals surface area contributed by atoms with Crippen LogP contribution in [0.2, 0.25) is 0 Å². The fourth-order valence-electron chi connectivity index (χ4n) is 1.02. The molecule has 0 spiro atoms. The maximum atomic E-state index is 10.6. The van der Waals surface area contributed by atoms with Crippen molar-refractivity contribution in [2.24, 2.45) is 0 Å². The Balaban J connectivity index is 4.61. The molecule has 0 heterocycles. The van der Waals surface area contributed by atoms with E-state index >= 15 is 0 Å². The summed E-state index contributed by atoms with van der Waals surface area (Å²) < 4.78 is 1.41. The van der Waals surface area contributed by atoms with Crippen molar-refractivity contribution in [3.63, 3.8) is 0 Å². The smallest absolute Gasteiger partial charge is 0.334 e. The number of halogens is 1. The zero-order valence-corrected chi connectivity index (χ0v) is 9.33. The molecule has 0 bridgehead atoms. The lowest BCUT2D eigenvalue weighted by atomic mass is 9.92. The van der Waals surface area contributed by atoms with Crippen LogP contribution in [-0.4, -0.2) is 21.8 Å². The summed E-state index contributed by atoms with van der Waals surface area (Å²) in [5.41, 5.74) is -1.15. The van der Waals surface area contributed by atoms with Crippen molar-refractivity contribution in [3.05, 3.63) is 9.66 Å². The minimum absolute atomic E-state index is 0.0601. The minimum Gasteiger partial charge on any atom is -0.478 e. The highest BCUT2D eigenvalue weighted by Crippen LogP contribution is 2.23. The lowest BCUT2D eigenvalue weighted by Gasteiger charge is -2.22. The van der Waals surface area contributed by atoms with Crippen LogP contribution in [-0.2, 0) is 4.79 Å². The van der Waals surface area contributed by atoms with Gasteiger partial charge in [-0.1, -0.05) is 35.9 Å². The minimum atomic E-state index is -1.21. The number of aliphatic hydroxyl groups is 1. The van der Waals surface area contributed by atoms with Gasteiger partial charge in [-0.05, 0) is 17.4 Å². The number of carboxylic acids is 1. The van der Waals surface area contributed by atoms with Crippen molar-refractivity contribution in [1.29, 1.82) is 0 Å². The highest BCUT2D eigenvalue weighted by atomic mass is 127. The largest absolute Gasteiger partial charge is 0.478 e. The van der Waals surface area contributed by atoms with Gasteiger partial charge in [0, 0.05) is 0 Å². The van der Waals surface area contributed by atoms with Crippen molar-refractivity contribution in [2.75, 3.05) is 0 Å². The van der Waals surface area contributed by atoms with Crippen LogP contribution < -0.4 is 0 Å². The Morgan fingerprint density at radius 1 is 1.67 bits per heavy atom. The molecule has 0 aliphatic heterocycles. The van der Waals surface area contributed by atoms with Crippen LogP contribution in [0, 0.1) is 0 Å². The standard InChI is InChI=1S/C8H13IO3/c1-3-4-8(2,12)6(5-9)7(10)11/h5,12H,3-4H2,1-2H3,(H,10,11)/b6-5-. The molecule has 4 heteroatoms. The van der Waals surface area contributed by atoms with E-state index in [0.717, 1.165) is 6.42 Å². The SMILES string of the molecule is CCCC(C)(O)/C(=C\I)C(=O)O. The average molecular weight is 284 g/mol. The van der Waals surface area contributed by atoms with E-state index in [4.69, 9.17) is 5.11 Å². The first-order chi connectivity index (χ1) is 5.45. The van der Waals surface area contributed by atoms with Crippen molar-refractivity contribution in [2.45, 2.75) is 32.3 Å². The van der Waals surface area contributed by atoms with Gasteiger partial charge in [-0.15, -0.1) is 0 Å². The molecule has 0 rings (SSSR count). The van der Waals surface area contributed by atoms with E-state index in [1.807, 2.05) is 29.5 Å². The third kappa shape index (κ3) is 3.10. The number of carbonyl (C=O) groups is 1. The Labute approximate surface area is 85.6 Å². The maximum Gasteiger partial charge on any atom is 0.334 e. The summed E-state index contributed by atoms with van der Waals surface area (Å²) in [5, 5.41) is 18.4. The van der Waals surface area contributed by atoms with Gasteiger partial charge in [-0.25, -0.2) is 4.79 Å². The molecule has 0 amide bonds. The summed E-state index contributed by atoms with van der Waals surface area (Å²) in [6.07, 6.45) is 1.22. The van der Waals surface area contributed by atoms with Gasteiger partial charge in [0.1, 0.15) is 0 Å². The van der Waals surface area contributed by atoms with Crippen LogP contribution in [0.25, 0.3) is 0 Å². The summed E-state index contributed by atoms with van der Waals surface area (Å²) in [6.45, 7) is 3.43. The topological polar surface area (TPSA) is 57.5 Å². The molecule has 0 aromatic heterocycles. The Morgan fingerprint density at radius 2 is 2.17 bits per heavy atom. The highest BCUT2D eigenvalue weighted by Gasteiger charge is 2.29. The van der Waals surface area contributed by atoms with Gasteiger partial charge >= 0.3 is 5.97 Å². The lowest BCUT2D eigenvalue weighted by Crippen LogP contribution is -2.30. The summed E-state index contributed by atoms with van der Waals surface area (Å²) in [5.74, 6) is -1.05. The van der Waals surface area contributed by atoms with Crippen LogP contribution >= 0.6 is 22.6 Å². The van der Waals surface area contributed by atoms with Crippen LogP contribution in [0.4, 0.5) is 0 Å². The fraction of sp³-hybridized carbons (Fsp3) is 0.625. The van der Waals surface area contributed by atoms with E-state index in [9.17, 15) is 9.90 Å². The quantitative estimate of drug-likeness (QED) is 0.612. The van der Waals surface area contributed by atoms with E-state index in [-0.39, 0.29) is 5.57 Å². The molecule has 0 fully saturated rings. The van der Waals surface area contributed by atoms with Gasteiger partial charge < -0.3 is 10.2 Å². The molecule has 0 saturated heterocycles. The Morgan fingerprint density at radius 3 is 2.42 bits per heavy atom. The molecule has 70 valence electrons. The van der Waals surface area contributed by atoms with Gasteiger partial charge in [0.05, 0.1) is 11.2 Å². The number of hydrogen-bond acceptors (Lipinski definition) is 2. The number of hydrogen-bond donors (Lipinski definition) is 2. The van der Waals surface area contributed by atoms with E-state index in [1.165, 1.54) is 11.0 Å².